The lowest BCUT2D eigenvalue weighted by Crippen LogP contribution is -2.41. The van der Waals surface area contributed by atoms with E-state index in [0.29, 0.717) is 0 Å². The monoisotopic (exact) mass is 883 g/mol. The van der Waals surface area contributed by atoms with Crippen LogP contribution in [0.1, 0.15) is 61.1 Å². The lowest BCUT2D eigenvalue weighted by molar-refractivity contribution is 0.660. The molecule has 1 heterocycles. The van der Waals surface area contributed by atoms with Crippen molar-refractivity contribution in [1.29, 1.82) is 0 Å². The van der Waals surface area contributed by atoms with Crippen molar-refractivity contribution in [1.82, 2.24) is 0 Å². The third-order valence-corrected chi connectivity index (χ3v) is 15.7. The molecule has 0 unspecified atom stereocenters. The number of nitrogens with zero attached hydrogens (tertiary/aromatic N) is 1. The Kier molecular flexibility index (Phi) is 9.18. The summed E-state index contributed by atoms with van der Waals surface area (Å²) < 4.78 is 0. The maximum Gasteiger partial charge on any atom is 0.197 e. The van der Waals surface area contributed by atoms with Crippen LogP contribution in [-0.2, 0) is 10.8 Å². The zero-order valence-electron chi connectivity index (χ0n) is 40.1. The minimum absolute atomic E-state index is 0.0657. The first-order valence-corrected chi connectivity index (χ1v) is 24.4. The van der Waals surface area contributed by atoms with Gasteiger partial charge in [-0.15, -0.1) is 0 Å². The van der Waals surface area contributed by atoms with Crippen LogP contribution in [0.2, 0.25) is 0 Å². The molecule has 0 amide bonds. The Balaban J connectivity index is 1.07. The van der Waals surface area contributed by atoms with Gasteiger partial charge in [0, 0.05) is 44.8 Å². The van der Waals surface area contributed by atoms with Gasteiger partial charge in [0.2, 0.25) is 0 Å². The van der Waals surface area contributed by atoms with Crippen molar-refractivity contribution in [3.63, 3.8) is 0 Å². The number of anilines is 5. The Morgan fingerprint density at radius 3 is 1.72 bits per heavy atom. The predicted octanol–water partition coefficient (Wildman–Crippen LogP) is 16.3. The highest BCUT2D eigenvalue weighted by atomic mass is 15.2. The topological polar surface area (TPSA) is 15.3 Å². The van der Waals surface area contributed by atoms with Crippen LogP contribution in [0.4, 0.5) is 28.4 Å². The molecule has 0 fully saturated rings. The molecule has 1 radical (unpaired) electrons. The van der Waals surface area contributed by atoms with Crippen molar-refractivity contribution in [2.75, 3.05) is 10.2 Å². The maximum absolute atomic E-state index is 4.05. The fraction of sp³-hybridized carbons (Fsp3) is 0.121. The second-order valence-electron chi connectivity index (χ2n) is 20.5. The van der Waals surface area contributed by atoms with Crippen molar-refractivity contribution >= 4 is 57.4 Å². The van der Waals surface area contributed by atoms with Crippen LogP contribution in [0.5, 0.6) is 0 Å². The average Bonchev–Trinajstić information content (AvgIpc) is 3.73. The summed E-state index contributed by atoms with van der Waals surface area (Å²) in [5.74, 6) is 0. The van der Waals surface area contributed by atoms with E-state index in [0.717, 1.165) is 22.6 Å². The molecule has 1 aliphatic heterocycles. The van der Waals surface area contributed by atoms with Gasteiger partial charge in [0.25, 0.3) is 0 Å². The van der Waals surface area contributed by atoms with Gasteiger partial charge in [-0.1, -0.05) is 179 Å². The molecular formula is C66H52BN2. The van der Waals surface area contributed by atoms with Crippen molar-refractivity contribution in [2.24, 2.45) is 0 Å². The number of fused-ring (bicyclic) bond motifs is 9. The van der Waals surface area contributed by atoms with Gasteiger partial charge in [-0.05, 0) is 168 Å². The van der Waals surface area contributed by atoms with E-state index in [9.17, 15) is 0 Å². The minimum atomic E-state index is -0.158. The number of rotatable bonds is 6. The molecule has 0 saturated carbocycles. The number of aryl methyl sites for hydroxylation is 2. The standard InChI is InChI=1S/C66H52BN2/c1-40-18-10-13-23-48(40)46-34-54(53-33-43-21-11-12-22-44(43)35-60(53)68-47-29-30-57-51(37-47)49-24-14-16-26-55(49)65(57,3)4)64-63(36-46)69(61-31-28-45(32-41(61)2)42-19-8-7-9-20-42)62-39-58-52(38-59(62)67-64)50-25-15-17-27-56(50)66(58,5)6/h7-39,68H,1-6H3. The van der Waals surface area contributed by atoms with E-state index < -0.39 is 0 Å². The smallest absolute Gasteiger partial charge is 0.197 e. The molecule has 10 aromatic rings. The molecule has 2 aliphatic carbocycles. The molecule has 10 aromatic carbocycles. The Morgan fingerprint density at radius 2 is 1.00 bits per heavy atom. The van der Waals surface area contributed by atoms with Crippen molar-refractivity contribution < 1.29 is 0 Å². The van der Waals surface area contributed by atoms with Gasteiger partial charge in [-0.3, -0.25) is 0 Å². The first kappa shape index (κ1) is 41.3. The summed E-state index contributed by atoms with van der Waals surface area (Å²) in [6, 6.07) is 74.9. The van der Waals surface area contributed by atoms with E-state index in [2.05, 4.69) is 259 Å². The zero-order chi connectivity index (χ0) is 46.8. The molecule has 3 heteroatoms. The quantitative estimate of drug-likeness (QED) is 0.167. The first-order chi connectivity index (χ1) is 33.5. The van der Waals surface area contributed by atoms with Crippen LogP contribution < -0.4 is 21.1 Å². The maximum atomic E-state index is 4.05. The van der Waals surface area contributed by atoms with Crippen LogP contribution in [-0.4, -0.2) is 7.28 Å². The predicted molar refractivity (Wildman–Crippen MR) is 294 cm³/mol. The molecule has 1 N–H and O–H groups in total. The van der Waals surface area contributed by atoms with E-state index in [1.165, 1.54) is 117 Å². The first-order valence-electron chi connectivity index (χ1n) is 24.4. The zero-order valence-corrected chi connectivity index (χ0v) is 40.1. The van der Waals surface area contributed by atoms with Gasteiger partial charge >= 0.3 is 0 Å². The number of benzene rings is 10. The molecule has 0 saturated heterocycles. The molecule has 2 nitrogen and oxygen atoms in total. The van der Waals surface area contributed by atoms with Gasteiger partial charge in [0.05, 0.1) is 0 Å². The summed E-state index contributed by atoms with van der Waals surface area (Å²) in [5.41, 5.74) is 28.2. The molecule has 0 aromatic heterocycles. The van der Waals surface area contributed by atoms with E-state index in [4.69, 9.17) is 0 Å². The van der Waals surface area contributed by atoms with Gasteiger partial charge in [0.15, 0.2) is 7.28 Å². The van der Waals surface area contributed by atoms with Crippen LogP contribution in [0.15, 0.2) is 200 Å². The van der Waals surface area contributed by atoms with Crippen LogP contribution >= 0.6 is 0 Å². The molecular weight excluding hydrogens is 832 g/mol. The number of nitrogens with one attached hydrogen (secondary N) is 1. The highest BCUT2D eigenvalue weighted by Gasteiger charge is 2.39. The average molecular weight is 884 g/mol. The fourth-order valence-corrected chi connectivity index (χ4v) is 12.1. The molecule has 329 valence electrons. The molecule has 0 atom stereocenters. The molecule has 13 rings (SSSR count). The Bertz CT molecular complexity index is 3760. The normalized spacial score (nSPS) is 14.3. The second-order valence-corrected chi connectivity index (χ2v) is 20.5. The third-order valence-electron chi connectivity index (χ3n) is 15.7. The van der Waals surface area contributed by atoms with E-state index in [1.807, 2.05) is 0 Å². The van der Waals surface area contributed by atoms with Crippen molar-refractivity contribution in [3.05, 3.63) is 234 Å². The summed E-state index contributed by atoms with van der Waals surface area (Å²) in [6.45, 7) is 14.0. The summed E-state index contributed by atoms with van der Waals surface area (Å²) in [4.78, 5) is 2.58. The van der Waals surface area contributed by atoms with Gasteiger partial charge in [-0.25, -0.2) is 0 Å². The lowest BCUT2D eigenvalue weighted by Gasteiger charge is -2.37. The Labute approximate surface area is 407 Å². The molecule has 0 bridgehead atoms. The van der Waals surface area contributed by atoms with Crippen LogP contribution in [0.25, 0.3) is 66.4 Å². The molecule has 69 heavy (non-hydrogen) atoms. The van der Waals surface area contributed by atoms with Crippen molar-refractivity contribution in [3.8, 4) is 55.6 Å². The second kappa shape index (κ2) is 15.3. The molecule has 3 aliphatic rings. The highest BCUT2D eigenvalue weighted by molar-refractivity contribution is 6.73. The minimum Gasteiger partial charge on any atom is -0.355 e. The third kappa shape index (κ3) is 6.40. The lowest BCUT2D eigenvalue weighted by atomic mass is 9.57. The summed E-state index contributed by atoms with van der Waals surface area (Å²) in [6.07, 6.45) is 0. The highest BCUT2D eigenvalue weighted by Crippen LogP contribution is 2.53. The number of hydrogen-bond acceptors (Lipinski definition) is 2. The Hall–Kier alpha value is -7.88. The van der Waals surface area contributed by atoms with Gasteiger partial charge < -0.3 is 10.2 Å². The van der Waals surface area contributed by atoms with Crippen LogP contribution in [0, 0.1) is 13.8 Å². The van der Waals surface area contributed by atoms with E-state index >= 15 is 0 Å². The van der Waals surface area contributed by atoms with E-state index in [-0.39, 0.29) is 10.8 Å². The fourth-order valence-electron chi connectivity index (χ4n) is 12.1. The van der Waals surface area contributed by atoms with Gasteiger partial charge in [0.1, 0.15) is 0 Å². The number of hydrogen-bond donors (Lipinski definition) is 1. The largest absolute Gasteiger partial charge is 0.355 e. The van der Waals surface area contributed by atoms with Gasteiger partial charge in [-0.2, -0.15) is 0 Å². The Morgan fingerprint density at radius 1 is 0.377 bits per heavy atom. The van der Waals surface area contributed by atoms with Crippen molar-refractivity contribution in [2.45, 2.75) is 52.4 Å². The summed E-state index contributed by atoms with van der Waals surface area (Å²) in [5, 5.41) is 6.45. The summed E-state index contributed by atoms with van der Waals surface area (Å²) >= 11 is 0. The van der Waals surface area contributed by atoms with Crippen LogP contribution in [0.3, 0.4) is 0 Å². The molecule has 0 spiro atoms. The summed E-state index contributed by atoms with van der Waals surface area (Å²) in [7, 11) is 2.48. The SMILES string of the molecule is Cc1ccccc1-c1cc(-c2cc3ccccc3cc2Nc2ccc3c(c2)-c2ccccc2C3(C)C)c2c(c1)N(c1ccc(-c3ccccc3)cc1C)c1cc3c(cc1[B]2)-c1ccccc1C3(C)C. The van der Waals surface area contributed by atoms with E-state index in [1.54, 1.807) is 0 Å².